The Balaban J connectivity index is 2.32. The Kier molecular flexibility index (Phi) is 4.67. The molecule has 23 heavy (non-hydrogen) atoms. The van der Waals surface area contributed by atoms with Gasteiger partial charge in [-0.2, -0.15) is 0 Å². The number of rotatable bonds is 5. The molecular weight excluding hydrogens is 320 g/mol. The van der Waals surface area contributed by atoms with Crippen molar-refractivity contribution in [1.82, 2.24) is 4.83 Å². The van der Waals surface area contributed by atoms with Crippen LogP contribution in [0.15, 0.2) is 44.4 Å². The van der Waals surface area contributed by atoms with Gasteiger partial charge in [0.2, 0.25) is 5.88 Å². The van der Waals surface area contributed by atoms with Crippen LogP contribution < -0.4 is 15.7 Å². The molecule has 0 aliphatic rings. The second kappa shape index (κ2) is 6.35. The summed E-state index contributed by atoms with van der Waals surface area (Å²) in [5.41, 5.74) is 2.43. The van der Waals surface area contributed by atoms with E-state index in [0.717, 1.165) is 11.6 Å². The number of ketones is 1. The van der Waals surface area contributed by atoms with Crippen LogP contribution in [0.25, 0.3) is 0 Å². The lowest BCUT2D eigenvalue weighted by Gasteiger charge is -2.11. The van der Waals surface area contributed by atoms with Crippen molar-refractivity contribution in [1.29, 1.82) is 0 Å². The summed E-state index contributed by atoms with van der Waals surface area (Å²) in [4.78, 5) is 25.5. The summed E-state index contributed by atoms with van der Waals surface area (Å²) < 4.78 is 29.6. The average Bonchev–Trinajstić information content (AvgIpc) is 2.44. The highest BCUT2D eigenvalue weighted by atomic mass is 32.2. The lowest BCUT2D eigenvalue weighted by Crippen LogP contribution is -2.31. The molecule has 0 bridgehead atoms. The molecule has 0 aliphatic heterocycles. The second-order valence-corrected chi connectivity index (χ2v) is 6.71. The fourth-order valence-electron chi connectivity index (χ4n) is 1.92. The van der Waals surface area contributed by atoms with E-state index in [1.54, 1.807) is 12.1 Å². The van der Waals surface area contributed by atoms with Crippen LogP contribution in [0.3, 0.4) is 0 Å². The van der Waals surface area contributed by atoms with Gasteiger partial charge < -0.3 is 4.42 Å². The summed E-state index contributed by atoms with van der Waals surface area (Å²) in [6, 6.07) is 7.36. The van der Waals surface area contributed by atoms with Gasteiger partial charge in [0, 0.05) is 6.07 Å². The van der Waals surface area contributed by atoms with Crippen LogP contribution in [0.5, 0.6) is 0 Å². The van der Waals surface area contributed by atoms with Crippen molar-refractivity contribution in [3.8, 4) is 0 Å². The van der Waals surface area contributed by atoms with Crippen LogP contribution in [-0.4, -0.2) is 14.2 Å². The van der Waals surface area contributed by atoms with Gasteiger partial charge in [-0.1, -0.05) is 17.7 Å². The first-order valence-corrected chi connectivity index (χ1v) is 8.19. The van der Waals surface area contributed by atoms with E-state index in [1.807, 2.05) is 6.92 Å². The van der Waals surface area contributed by atoms with E-state index in [4.69, 9.17) is 4.42 Å². The summed E-state index contributed by atoms with van der Waals surface area (Å²) in [6.45, 7) is 4.55. The molecule has 2 rings (SSSR count). The molecule has 1 heterocycles. The number of hydrogen-bond donors (Lipinski definition) is 2. The third-order valence-corrected chi connectivity index (χ3v) is 4.32. The van der Waals surface area contributed by atoms with Gasteiger partial charge in [-0.3, -0.25) is 15.0 Å². The van der Waals surface area contributed by atoms with Gasteiger partial charge in [0.25, 0.3) is 10.0 Å². The predicted octanol–water partition coefficient (Wildman–Crippen LogP) is 1.76. The molecular formula is C15H16N2O5S. The molecule has 0 fully saturated rings. The fourth-order valence-corrected chi connectivity index (χ4v) is 2.76. The predicted molar refractivity (Wildman–Crippen MR) is 84.8 cm³/mol. The van der Waals surface area contributed by atoms with Gasteiger partial charge in [0.05, 0.1) is 4.90 Å². The van der Waals surface area contributed by atoms with E-state index in [0.29, 0.717) is 0 Å². The maximum absolute atomic E-state index is 12.2. The third-order valence-electron chi connectivity index (χ3n) is 3.05. The van der Waals surface area contributed by atoms with Crippen LogP contribution in [0.4, 0.5) is 5.88 Å². The van der Waals surface area contributed by atoms with Gasteiger partial charge in [-0.05, 0) is 32.9 Å². The first kappa shape index (κ1) is 16.9. The van der Waals surface area contributed by atoms with Crippen molar-refractivity contribution in [3.05, 3.63) is 57.4 Å². The highest BCUT2D eigenvalue weighted by Crippen LogP contribution is 2.15. The van der Waals surface area contributed by atoms with Gasteiger partial charge in [0.1, 0.15) is 11.3 Å². The zero-order valence-electron chi connectivity index (χ0n) is 12.8. The number of carbonyl (C=O) groups excluding carboxylic acids is 1. The van der Waals surface area contributed by atoms with Crippen molar-refractivity contribution in [2.45, 2.75) is 25.7 Å². The summed E-state index contributed by atoms with van der Waals surface area (Å²) in [7, 11) is -3.88. The molecule has 1 aromatic carbocycles. The number of hydrogen-bond acceptors (Lipinski definition) is 6. The minimum absolute atomic E-state index is 0.0370. The Labute approximate surface area is 133 Å². The molecule has 2 N–H and O–H groups in total. The van der Waals surface area contributed by atoms with Crippen LogP contribution in [0.2, 0.25) is 0 Å². The maximum atomic E-state index is 12.2. The second-order valence-electron chi connectivity index (χ2n) is 5.03. The number of aryl methyl sites for hydroxylation is 2. The standard InChI is InChI=1S/C15H16N2O5S/c1-9-4-6-12(7-5-9)23(20,21)17-16-15-14(11(3)18)13(19)8-10(2)22-15/h4-8,16-17H,1-3H3. The quantitative estimate of drug-likeness (QED) is 0.637. The van der Waals surface area contributed by atoms with Gasteiger partial charge in [-0.15, -0.1) is 4.83 Å². The minimum Gasteiger partial charge on any atom is -0.444 e. The lowest BCUT2D eigenvalue weighted by molar-refractivity contribution is 0.101. The topological polar surface area (TPSA) is 105 Å². The highest BCUT2D eigenvalue weighted by Gasteiger charge is 2.19. The molecule has 0 atom stereocenters. The van der Waals surface area contributed by atoms with Crippen molar-refractivity contribution < 1.29 is 17.6 Å². The van der Waals surface area contributed by atoms with Gasteiger partial charge in [0.15, 0.2) is 11.2 Å². The smallest absolute Gasteiger partial charge is 0.257 e. The number of hydrazine groups is 1. The SMILES string of the molecule is CC(=O)c1c(NNS(=O)(=O)c2ccc(C)cc2)oc(C)cc1=O. The number of nitrogens with one attached hydrogen (secondary N) is 2. The molecule has 0 unspecified atom stereocenters. The van der Waals surface area contributed by atoms with Gasteiger partial charge in [-0.25, -0.2) is 8.42 Å². The number of sulfonamides is 1. The van der Waals surface area contributed by atoms with Crippen molar-refractivity contribution in [2.75, 3.05) is 5.43 Å². The maximum Gasteiger partial charge on any atom is 0.257 e. The van der Waals surface area contributed by atoms with Crippen LogP contribution in [-0.2, 0) is 10.0 Å². The number of carbonyl (C=O) groups is 1. The minimum atomic E-state index is -3.88. The summed E-state index contributed by atoms with van der Waals surface area (Å²) >= 11 is 0. The lowest BCUT2D eigenvalue weighted by atomic mass is 10.2. The number of Topliss-reactive ketones (excluding diaryl/α,β-unsaturated/α-hetero) is 1. The van der Waals surface area contributed by atoms with E-state index in [-0.39, 0.29) is 22.1 Å². The number of benzene rings is 1. The molecule has 2 aromatic rings. The molecule has 0 spiro atoms. The van der Waals surface area contributed by atoms with E-state index in [9.17, 15) is 18.0 Å². The highest BCUT2D eigenvalue weighted by molar-refractivity contribution is 7.89. The summed E-state index contributed by atoms with van der Waals surface area (Å²) in [5, 5.41) is 0. The van der Waals surface area contributed by atoms with Gasteiger partial charge >= 0.3 is 0 Å². The average molecular weight is 336 g/mol. The Morgan fingerprint density at radius 1 is 1.13 bits per heavy atom. The van der Waals surface area contributed by atoms with Crippen LogP contribution in [0, 0.1) is 13.8 Å². The molecule has 1 aromatic heterocycles. The Morgan fingerprint density at radius 3 is 2.30 bits per heavy atom. The molecule has 0 aliphatic carbocycles. The van der Waals surface area contributed by atoms with Crippen molar-refractivity contribution in [2.24, 2.45) is 0 Å². The first-order valence-electron chi connectivity index (χ1n) is 6.71. The molecule has 0 saturated carbocycles. The molecule has 122 valence electrons. The molecule has 7 nitrogen and oxygen atoms in total. The molecule has 0 radical (unpaired) electrons. The molecule has 0 amide bonds. The van der Waals surface area contributed by atoms with E-state index in [2.05, 4.69) is 10.3 Å². The van der Waals surface area contributed by atoms with Crippen LogP contribution >= 0.6 is 0 Å². The Hall–Kier alpha value is -2.45. The van der Waals surface area contributed by atoms with E-state index < -0.39 is 21.2 Å². The first-order chi connectivity index (χ1) is 10.7. The Bertz CT molecular complexity index is 898. The van der Waals surface area contributed by atoms with E-state index in [1.165, 1.54) is 26.0 Å². The largest absolute Gasteiger partial charge is 0.444 e. The van der Waals surface area contributed by atoms with E-state index >= 15 is 0 Å². The number of anilines is 1. The third kappa shape index (κ3) is 3.85. The normalized spacial score (nSPS) is 11.3. The molecule has 0 saturated heterocycles. The zero-order valence-corrected chi connectivity index (χ0v) is 13.7. The van der Waals surface area contributed by atoms with Crippen molar-refractivity contribution >= 4 is 21.7 Å². The van der Waals surface area contributed by atoms with Crippen LogP contribution in [0.1, 0.15) is 28.6 Å². The summed E-state index contributed by atoms with van der Waals surface area (Å²) in [6.07, 6.45) is 0. The summed E-state index contributed by atoms with van der Waals surface area (Å²) in [5.74, 6) is -0.522. The van der Waals surface area contributed by atoms with Crippen molar-refractivity contribution in [3.63, 3.8) is 0 Å². The zero-order chi connectivity index (χ0) is 17.2. The molecule has 8 heteroatoms. The Morgan fingerprint density at radius 2 is 1.74 bits per heavy atom. The fraction of sp³-hybridized carbons (Fsp3) is 0.200. The monoisotopic (exact) mass is 336 g/mol.